The number of rotatable bonds is 2. The first-order valence-electron chi connectivity index (χ1n) is 9.07. The lowest BCUT2D eigenvalue weighted by Crippen LogP contribution is -2.32. The summed E-state index contributed by atoms with van der Waals surface area (Å²) in [7, 11) is 1.71. The van der Waals surface area contributed by atoms with E-state index in [-0.39, 0.29) is 11.6 Å². The lowest BCUT2D eigenvalue weighted by molar-refractivity contribution is 0.249. The van der Waals surface area contributed by atoms with Crippen molar-refractivity contribution in [3.63, 3.8) is 0 Å². The minimum Gasteiger partial charge on any atom is -0.496 e. The van der Waals surface area contributed by atoms with Gasteiger partial charge >= 0.3 is 0 Å². The van der Waals surface area contributed by atoms with E-state index in [0.717, 1.165) is 22.7 Å². The second-order valence-electron chi connectivity index (χ2n) is 7.52. The fraction of sp³-hybridized carbons (Fsp3) is 0.304. The second-order valence-corrected chi connectivity index (χ2v) is 7.52. The van der Waals surface area contributed by atoms with Crippen molar-refractivity contribution in [3.05, 3.63) is 59.7 Å². The molecule has 0 aliphatic carbocycles. The van der Waals surface area contributed by atoms with Crippen LogP contribution in [-0.4, -0.2) is 12.6 Å². The van der Waals surface area contributed by atoms with E-state index in [1.165, 1.54) is 22.3 Å². The maximum atomic E-state index is 6.39. The van der Waals surface area contributed by atoms with Crippen LogP contribution < -0.4 is 14.8 Å². The molecule has 0 spiro atoms. The standard InChI is InChI=1S/C23H25NO2/c1-6-8-18-22-15(21-17(25-5)9-7-10-19(21)26-18)11-12-16-20(22)14(2)13-23(3,4)24-16/h6-13,18,24H,1-5H3. The molecule has 4 rings (SSSR count). The lowest BCUT2D eigenvalue weighted by Gasteiger charge is -2.36. The number of fused-ring (bicyclic) bond motifs is 5. The third-order valence-electron chi connectivity index (χ3n) is 5.06. The maximum Gasteiger partial charge on any atom is 0.143 e. The van der Waals surface area contributed by atoms with Crippen LogP contribution in [0.3, 0.4) is 0 Å². The first kappa shape index (κ1) is 16.8. The van der Waals surface area contributed by atoms with E-state index in [1.54, 1.807) is 7.11 Å². The fourth-order valence-electron chi connectivity index (χ4n) is 4.21. The number of methoxy groups -OCH3 is 1. The van der Waals surface area contributed by atoms with Gasteiger partial charge in [-0.25, -0.2) is 0 Å². The van der Waals surface area contributed by atoms with Crippen molar-refractivity contribution in [3.8, 4) is 22.6 Å². The predicted octanol–water partition coefficient (Wildman–Crippen LogP) is 5.98. The molecule has 0 fully saturated rings. The van der Waals surface area contributed by atoms with E-state index in [1.807, 2.05) is 25.1 Å². The minimum atomic E-state index is -0.115. The molecule has 2 aliphatic heterocycles. The summed E-state index contributed by atoms with van der Waals surface area (Å²) in [6, 6.07) is 10.4. The van der Waals surface area contributed by atoms with Gasteiger partial charge in [0.25, 0.3) is 0 Å². The number of allylic oxidation sites excluding steroid dienone is 2. The summed E-state index contributed by atoms with van der Waals surface area (Å²) in [6.07, 6.45) is 6.35. The normalized spacial score (nSPS) is 19.6. The van der Waals surface area contributed by atoms with Crippen LogP contribution in [0.2, 0.25) is 0 Å². The molecule has 3 heteroatoms. The zero-order chi connectivity index (χ0) is 18.5. The third-order valence-corrected chi connectivity index (χ3v) is 5.06. The minimum absolute atomic E-state index is 0.0630. The van der Waals surface area contributed by atoms with Gasteiger partial charge in [0.2, 0.25) is 0 Å². The van der Waals surface area contributed by atoms with E-state index in [4.69, 9.17) is 9.47 Å². The summed E-state index contributed by atoms with van der Waals surface area (Å²) < 4.78 is 12.0. The van der Waals surface area contributed by atoms with Gasteiger partial charge in [0.05, 0.1) is 18.2 Å². The van der Waals surface area contributed by atoms with Gasteiger partial charge in [0.15, 0.2) is 0 Å². The number of hydrogen-bond donors (Lipinski definition) is 1. The van der Waals surface area contributed by atoms with Gasteiger partial charge in [0.1, 0.15) is 17.6 Å². The van der Waals surface area contributed by atoms with Crippen LogP contribution in [0.4, 0.5) is 5.69 Å². The van der Waals surface area contributed by atoms with Gasteiger partial charge in [-0.1, -0.05) is 24.3 Å². The molecule has 0 aromatic heterocycles. The molecule has 2 aliphatic rings. The Labute approximate surface area is 155 Å². The van der Waals surface area contributed by atoms with E-state index in [0.29, 0.717) is 0 Å². The number of benzene rings is 2. The molecule has 1 atom stereocenters. The Hall–Kier alpha value is -2.68. The molecule has 1 unspecified atom stereocenters. The fourth-order valence-corrected chi connectivity index (χ4v) is 4.21. The van der Waals surface area contributed by atoms with Crippen molar-refractivity contribution in [2.75, 3.05) is 12.4 Å². The van der Waals surface area contributed by atoms with Gasteiger partial charge in [-0.2, -0.15) is 0 Å². The van der Waals surface area contributed by atoms with Crippen LogP contribution >= 0.6 is 0 Å². The Morgan fingerprint density at radius 3 is 2.69 bits per heavy atom. The Kier molecular flexibility index (Phi) is 3.83. The van der Waals surface area contributed by atoms with Gasteiger partial charge in [-0.15, -0.1) is 0 Å². The van der Waals surface area contributed by atoms with Crippen LogP contribution in [0.25, 0.3) is 16.7 Å². The SMILES string of the molecule is CC=CC1Oc2cccc(OC)c2-c2ccc3c(c21)C(C)=CC(C)(C)N3. The van der Waals surface area contributed by atoms with E-state index in [2.05, 4.69) is 56.4 Å². The van der Waals surface area contributed by atoms with E-state index in [9.17, 15) is 0 Å². The molecule has 2 heterocycles. The lowest BCUT2D eigenvalue weighted by atomic mass is 9.81. The van der Waals surface area contributed by atoms with Crippen molar-refractivity contribution < 1.29 is 9.47 Å². The molecule has 0 amide bonds. The molecular weight excluding hydrogens is 322 g/mol. The summed E-state index contributed by atoms with van der Waals surface area (Å²) in [4.78, 5) is 0. The molecule has 0 radical (unpaired) electrons. The van der Waals surface area contributed by atoms with Crippen molar-refractivity contribution in [2.45, 2.75) is 39.3 Å². The number of nitrogens with one attached hydrogen (secondary N) is 1. The first-order chi connectivity index (χ1) is 12.4. The van der Waals surface area contributed by atoms with Gasteiger partial charge < -0.3 is 14.8 Å². The topological polar surface area (TPSA) is 30.5 Å². The van der Waals surface area contributed by atoms with Gasteiger partial charge in [0, 0.05) is 16.8 Å². The van der Waals surface area contributed by atoms with Crippen LogP contribution in [0.15, 0.2) is 48.6 Å². The van der Waals surface area contributed by atoms with E-state index < -0.39 is 0 Å². The van der Waals surface area contributed by atoms with Crippen LogP contribution in [0.1, 0.15) is 44.9 Å². The van der Waals surface area contributed by atoms with Crippen molar-refractivity contribution in [1.29, 1.82) is 0 Å². The maximum absolute atomic E-state index is 6.39. The average Bonchev–Trinajstić information content (AvgIpc) is 2.59. The predicted molar refractivity (Wildman–Crippen MR) is 108 cm³/mol. The zero-order valence-corrected chi connectivity index (χ0v) is 16.0. The molecule has 1 N–H and O–H groups in total. The van der Waals surface area contributed by atoms with Crippen LogP contribution in [-0.2, 0) is 0 Å². The average molecular weight is 347 g/mol. The largest absolute Gasteiger partial charge is 0.496 e. The summed E-state index contributed by atoms with van der Waals surface area (Å²) in [5.74, 6) is 1.71. The van der Waals surface area contributed by atoms with Crippen molar-refractivity contribution in [2.24, 2.45) is 0 Å². The van der Waals surface area contributed by atoms with Crippen molar-refractivity contribution >= 4 is 11.3 Å². The highest BCUT2D eigenvalue weighted by Crippen LogP contribution is 2.52. The molecule has 0 bridgehead atoms. The summed E-state index contributed by atoms with van der Waals surface area (Å²) in [6.45, 7) is 8.60. The molecule has 0 saturated carbocycles. The molecular formula is C23H25NO2. The summed E-state index contributed by atoms with van der Waals surface area (Å²) in [5.41, 5.74) is 7.02. The zero-order valence-electron chi connectivity index (χ0n) is 16.0. The first-order valence-corrected chi connectivity index (χ1v) is 9.07. The number of hydrogen-bond acceptors (Lipinski definition) is 3. The number of anilines is 1. The van der Waals surface area contributed by atoms with E-state index >= 15 is 0 Å². The monoisotopic (exact) mass is 347 g/mol. The molecule has 2 aromatic carbocycles. The molecule has 26 heavy (non-hydrogen) atoms. The number of ether oxygens (including phenoxy) is 2. The molecule has 134 valence electrons. The Bertz CT molecular complexity index is 937. The molecule has 2 aromatic rings. The van der Waals surface area contributed by atoms with Gasteiger partial charge in [-0.05, 0) is 63.1 Å². The molecule has 0 saturated heterocycles. The second kappa shape index (κ2) is 5.94. The van der Waals surface area contributed by atoms with Gasteiger partial charge in [-0.3, -0.25) is 0 Å². The van der Waals surface area contributed by atoms with Crippen molar-refractivity contribution in [1.82, 2.24) is 0 Å². The highest BCUT2D eigenvalue weighted by molar-refractivity contribution is 5.91. The Morgan fingerprint density at radius 1 is 1.15 bits per heavy atom. The Morgan fingerprint density at radius 2 is 1.96 bits per heavy atom. The highest BCUT2D eigenvalue weighted by Gasteiger charge is 2.33. The quantitative estimate of drug-likeness (QED) is 0.678. The molecule has 3 nitrogen and oxygen atoms in total. The Balaban J connectivity index is 2.04. The highest BCUT2D eigenvalue weighted by atomic mass is 16.5. The smallest absolute Gasteiger partial charge is 0.143 e. The van der Waals surface area contributed by atoms with Crippen LogP contribution in [0, 0.1) is 0 Å². The summed E-state index contributed by atoms with van der Waals surface area (Å²) in [5, 5.41) is 3.64. The third kappa shape index (κ3) is 2.50. The summed E-state index contributed by atoms with van der Waals surface area (Å²) >= 11 is 0. The van der Waals surface area contributed by atoms with Crippen LogP contribution in [0.5, 0.6) is 11.5 Å².